The van der Waals surface area contributed by atoms with Crippen molar-refractivity contribution < 1.29 is 18.0 Å². The summed E-state index contributed by atoms with van der Waals surface area (Å²) in [7, 11) is 0. The van der Waals surface area contributed by atoms with Gasteiger partial charge in [-0.15, -0.1) is 0 Å². The number of halogens is 4. The summed E-state index contributed by atoms with van der Waals surface area (Å²) < 4.78 is 37.5. The minimum Gasteiger partial charge on any atom is -0.303 e. The van der Waals surface area contributed by atoms with Crippen LogP contribution in [0.2, 0.25) is 0 Å². The fourth-order valence-corrected chi connectivity index (χ4v) is 1.61. The third kappa shape index (κ3) is 3.66. The van der Waals surface area contributed by atoms with Gasteiger partial charge < -0.3 is 4.79 Å². The van der Waals surface area contributed by atoms with Crippen LogP contribution in [0.4, 0.5) is 13.2 Å². The predicted molar refractivity (Wildman–Crippen MR) is 53.5 cm³/mol. The molecule has 1 nitrogen and oxygen atoms in total. The fourth-order valence-electron chi connectivity index (χ4n) is 1.16. The van der Waals surface area contributed by atoms with E-state index >= 15 is 0 Å². The Morgan fingerprint density at radius 2 is 2.07 bits per heavy atom. The van der Waals surface area contributed by atoms with Gasteiger partial charge in [-0.2, -0.15) is 13.2 Å². The second-order valence-electron chi connectivity index (χ2n) is 3.12. The molecule has 0 aliphatic carbocycles. The molecule has 1 rings (SSSR count). The minimum atomic E-state index is -4.47. The predicted octanol–water partition coefficient (Wildman–Crippen LogP) is 3.37. The van der Waals surface area contributed by atoms with Crippen LogP contribution in [0.25, 0.3) is 0 Å². The lowest BCUT2D eigenvalue weighted by molar-refractivity contribution is -0.174. The van der Waals surface area contributed by atoms with Crippen LogP contribution in [0, 0.1) is 5.92 Å². The van der Waals surface area contributed by atoms with E-state index in [1.54, 1.807) is 24.3 Å². The molecule has 15 heavy (non-hydrogen) atoms. The fraction of sp³-hybridized carbons (Fsp3) is 0.300. The summed E-state index contributed by atoms with van der Waals surface area (Å²) in [5, 5.41) is 0. The molecule has 82 valence electrons. The Kier molecular flexibility index (Phi) is 3.90. The second-order valence-corrected chi connectivity index (χ2v) is 4.03. The van der Waals surface area contributed by atoms with Gasteiger partial charge in [0.1, 0.15) is 12.2 Å². The highest BCUT2D eigenvalue weighted by Gasteiger charge is 2.39. The van der Waals surface area contributed by atoms with Crippen molar-refractivity contribution >= 4 is 22.2 Å². The van der Waals surface area contributed by atoms with E-state index in [1.165, 1.54) is 0 Å². The number of aldehydes is 1. The van der Waals surface area contributed by atoms with Gasteiger partial charge in [0, 0.05) is 4.47 Å². The van der Waals surface area contributed by atoms with Gasteiger partial charge in [0.05, 0.1) is 0 Å². The van der Waals surface area contributed by atoms with Gasteiger partial charge in [0.15, 0.2) is 0 Å². The molecule has 0 amide bonds. The van der Waals surface area contributed by atoms with Gasteiger partial charge in [0.2, 0.25) is 0 Å². The summed E-state index contributed by atoms with van der Waals surface area (Å²) in [5.41, 5.74) is 0.485. The largest absolute Gasteiger partial charge is 0.398 e. The molecule has 0 N–H and O–H groups in total. The molecule has 0 heterocycles. The summed E-state index contributed by atoms with van der Waals surface area (Å²) in [6, 6.07) is 6.49. The van der Waals surface area contributed by atoms with Crippen molar-refractivity contribution in [3.05, 3.63) is 34.3 Å². The molecule has 0 saturated heterocycles. The van der Waals surface area contributed by atoms with Gasteiger partial charge >= 0.3 is 6.18 Å². The molecular formula is C10H8BrF3O. The number of alkyl halides is 3. The summed E-state index contributed by atoms with van der Waals surface area (Å²) >= 11 is 3.15. The molecule has 1 unspecified atom stereocenters. The summed E-state index contributed by atoms with van der Waals surface area (Å²) in [4.78, 5) is 10.3. The summed E-state index contributed by atoms with van der Waals surface area (Å²) in [6.45, 7) is 0. The number of hydrogen-bond donors (Lipinski definition) is 0. The SMILES string of the molecule is O=CC(Cc1cccc(Br)c1)C(F)(F)F. The van der Waals surface area contributed by atoms with E-state index in [0.29, 0.717) is 10.0 Å². The van der Waals surface area contributed by atoms with Crippen LogP contribution in [0.5, 0.6) is 0 Å². The number of carbonyl (C=O) groups excluding carboxylic acids is 1. The van der Waals surface area contributed by atoms with E-state index in [2.05, 4.69) is 15.9 Å². The normalized spacial score (nSPS) is 13.6. The van der Waals surface area contributed by atoms with Crippen molar-refractivity contribution in [1.29, 1.82) is 0 Å². The molecule has 0 spiro atoms. The second kappa shape index (κ2) is 4.79. The van der Waals surface area contributed by atoms with Crippen LogP contribution in [0.1, 0.15) is 5.56 Å². The van der Waals surface area contributed by atoms with Crippen LogP contribution in [-0.2, 0) is 11.2 Å². The summed E-state index contributed by atoms with van der Waals surface area (Å²) in [6.07, 6.45) is -4.84. The van der Waals surface area contributed by atoms with E-state index in [9.17, 15) is 18.0 Å². The molecule has 5 heteroatoms. The third-order valence-electron chi connectivity index (χ3n) is 1.93. The van der Waals surface area contributed by atoms with Crippen molar-refractivity contribution in [2.24, 2.45) is 5.92 Å². The Morgan fingerprint density at radius 1 is 1.40 bits per heavy atom. The number of carbonyl (C=O) groups is 1. The zero-order valence-corrected chi connectivity index (χ0v) is 9.18. The molecule has 1 atom stereocenters. The first-order chi connectivity index (χ1) is 6.93. The maximum Gasteiger partial charge on any atom is 0.398 e. The highest BCUT2D eigenvalue weighted by molar-refractivity contribution is 9.10. The van der Waals surface area contributed by atoms with Gasteiger partial charge in [-0.3, -0.25) is 0 Å². The molecule has 0 saturated carbocycles. The zero-order chi connectivity index (χ0) is 11.5. The van der Waals surface area contributed by atoms with Crippen molar-refractivity contribution in [1.82, 2.24) is 0 Å². The average molecular weight is 281 g/mol. The van der Waals surface area contributed by atoms with E-state index in [4.69, 9.17) is 0 Å². The van der Waals surface area contributed by atoms with Gasteiger partial charge in [-0.05, 0) is 24.1 Å². The lowest BCUT2D eigenvalue weighted by Crippen LogP contribution is -2.26. The molecule has 0 aliphatic rings. The van der Waals surface area contributed by atoms with Crippen LogP contribution in [0.15, 0.2) is 28.7 Å². The van der Waals surface area contributed by atoms with Crippen LogP contribution in [-0.4, -0.2) is 12.5 Å². The Bertz CT molecular complexity index is 349. The Hall–Kier alpha value is -0.840. The topological polar surface area (TPSA) is 17.1 Å². The van der Waals surface area contributed by atoms with E-state index < -0.39 is 12.1 Å². The van der Waals surface area contributed by atoms with Gasteiger partial charge in [-0.1, -0.05) is 28.1 Å². The Morgan fingerprint density at radius 3 is 2.53 bits per heavy atom. The highest BCUT2D eigenvalue weighted by Crippen LogP contribution is 2.28. The summed E-state index contributed by atoms with van der Waals surface area (Å²) in [5.74, 6) is -1.92. The van der Waals surface area contributed by atoms with E-state index in [1.807, 2.05) is 0 Å². The van der Waals surface area contributed by atoms with Crippen molar-refractivity contribution in [3.63, 3.8) is 0 Å². The monoisotopic (exact) mass is 280 g/mol. The smallest absolute Gasteiger partial charge is 0.303 e. The molecule has 1 aromatic carbocycles. The third-order valence-corrected chi connectivity index (χ3v) is 2.42. The Balaban J connectivity index is 2.80. The lowest BCUT2D eigenvalue weighted by atomic mass is 10.0. The van der Waals surface area contributed by atoms with Crippen LogP contribution in [0.3, 0.4) is 0 Å². The maximum absolute atomic E-state index is 12.3. The number of rotatable bonds is 3. The number of benzene rings is 1. The molecule has 1 aromatic rings. The van der Waals surface area contributed by atoms with E-state index in [-0.39, 0.29) is 12.7 Å². The first-order valence-corrected chi connectivity index (χ1v) is 4.99. The van der Waals surface area contributed by atoms with Crippen molar-refractivity contribution in [2.45, 2.75) is 12.6 Å². The number of hydrogen-bond acceptors (Lipinski definition) is 1. The zero-order valence-electron chi connectivity index (χ0n) is 7.59. The lowest BCUT2D eigenvalue weighted by Gasteiger charge is -2.14. The van der Waals surface area contributed by atoms with Gasteiger partial charge in [-0.25, -0.2) is 0 Å². The minimum absolute atomic E-state index is 0.0547. The van der Waals surface area contributed by atoms with Crippen molar-refractivity contribution in [2.75, 3.05) is 0 Å². The average Bonchev–Trinajstić information content (AvgIpc) is 2.12. The molecule has 0 aromatic heterocycles. The molecule has 0 bridgehead atoms. The van der Waals surface area contributed by atoms with Crippen LogP contribution < -0.4 is 0 Å². The standard InChI is InChI=1S/C10H8BrF3O/c11-9-3-1-2-7(5-9)4-8(6-15)10(12,13)14/h1-3,5-6,8H,4H2. The first kappa shape index (κ1) is 12.2. The maximum atomic E-state index is 12.3. The van der Waals surface area contributed by atoms with Crippen LogP contribution >= 0.6 is 15.9 Å². The highest BCUT2D eigenvalue weighted by atomic mass is 79.9. The van der Waals surface area contributed by atoms with Crippen molar-refractivity contribution in [3.8, 4) is 0 Å². The molecular weight excluding hydrogens is 273 g/mol. The molecule has 0 radical (unpaired) electrons. The molecule has 0 fully saturated rings. The van der Waals surface area contributed by atoms with Gasteiger partial charge in [0.25, 0.3) is 0 Å². The molecule has 0 aliphatic heterocycles. The van der Waals surface area contributed by atoms with E-state index in [0.717, 1.165) is 0 Å². The Labute approximate surface area is 93.4 Å². The first-order valence-electron chi connectivity index (χ1n) is 4.20. The quantitative estimate of drug-likeness (QED) is 0.776.